The van der Waals surface area contributed by atoms with Crippen LogP contribution in [0.3, 0.4) is 0 Å². The van der Waals surface area contributed by atoms with Crippen molar-refractivity contribution in [1.82, 2.24) is 0 Å². The number of unbranched alkanes of at least 4 members (excludes halogenated alkanes) is 1. The first-order chi connectivity index (χ1) is 9.34. The summed E-state index contributed by atoms with van der Waals surface area (Å²) in [5, 5.41) is 2.84. The molecule has 0 radical (unpaired) electrons. The number of anilines is 1. The maximum Gasteiger partial charge on any atom is 0.241 e. The van der Waals surface area contributed by atoms with Crippen LogP contribution >= 0.6 is 0 Å². The molecular formula is C16H26N2O2. The van der Waals surface area contributed by atoms with E-state index in [-0.39, 0.29) is 11.3 Å². The normalized spacial score (nSPS) is 12.8. The van der Waals surface area contributed by atoms with Crippen LogP contribution < -0.4 is 15.8 Å². The van der Waals surface area contributed by atoms with E-state index in [1.807, 2.05) is 45.0 Å². The van der Waals surface area contributed by atoms with E-state index in [1.165, 1.54) is 0 Å². The van der Waals surface area contributed by atoms with Crippen molar-refractivity contribution in [3.63, 3.8) is 0 Å². The van der Waals surface area contributed by atoms with Crippen molar-refractivity contribution in [3.05, 3.63) is 24.3 Å². The molecule has 4 nitrogen and oxygen atoms in total. The van der Waals surface area contributed by atoms with E-state index in [4.69, 9.17) is 10.5 Å². The van der Waals surface area contributed by atoms with E-state index in [0.29, 0.717) is 12.3 Å². The Morgan fingerprint density at radius 2 is 2.10 bits per heavy atom. The lowest BCUT2D eigenvalue weighted by atomic mass is 9.87. The minimum absolute atomic E-state index is 0.178. The zero-order chi connectivity index (χ0) is 15.2. The molecule has 0 fully saturated rings. The predicted molar refractivity (Wildman–Crippen MR) is 82.9 cm³/mol. The molecule has 0 unspecified atom stereocenters. The minimum atomic E-state index is -0.549. The first-order valence-electron chi connectivity index (χ1n) is 7.14. The fourth-order valence-electron chi connectivity index (χ4n) is 1.61. The molecule has 0 aliphatic heterocycles. The highest BCUT2D eigenvalue weighted by molar-refractivity contribution is 5.95. The fraction of sp³-hybridized carbons (Fsp3) is 0.562. The van der Waals surface area contributed by atoms with E-state index < -0.39 is 6.04 Å². The number of carbonyl (C=O) groups is 1. The Bertz CT molecular complexity index is 438. The summed E-state index contributed by atoms with van der Waals surface area (Å²) in [5.41, 5.74) is 6.38. The van der Waals surface area contributed by atoms with Gasteiger partial charge in [-0.15, -0.1) is 0 Å². The third-order valence-electron chi connectivity index (χ3n) is 3.08. The Hall–Kier alpha value is -1.55. The Morgan fingerprint density at radius 3 is 2.70 bits per heavy atom. The molecule has 3 N–H and O–H groups in total. The number of ether oxygens (including phenoxy) is 1. The highest BCUT2D eigenvalue weighted by Crippen LogP contribution is 2.21. The number of hydrogen-bond donors (Lipinski definition) is 2. The van der Waals surface area contributed by atoms with Gasteiger partial charge in [-0.3, -0.25) is 4.79 Å². The molecule has 0 heterocycles. The Kier molecular flexibility index (Phi) is 6.02. The third-order valence-corrected chi connectivity index (χ3v) is 3.08. The summed E-state index contributed by atoms with van der Waals surface area (Å²) in [4.78, 5) is 12.1. The molecule has 1 atom stereocenters. The lowest BCUT2D eigenvalue weighted by Crippen LogP contribution is -2.45. The van der Waals surface area contributed by atoms with Crippen molar-refractivity contribution < 1.29 is 9.53 Å². The molecule has 1 amide bonds. The molecule has 1 aromatic carbocycles. The SMILES string of the molecule is CCCCOc1cccc(NC(=O)[C@@H](N)C(C)(C)C)c1. The van der Waals surface area contributed by atoms with Crippen molar-refractivity contribution in [2.24, 2.45) is 11.1 Å². The minimum Gasteiger partial charge on any atom is -0.494 e. The summed E-state index contributed by atoms with van der Waals surface area (Å²) < 4.78 is 5.61. The summed E-state index contributed by atoms with van der Waals surface area (Å²) >= 11 is 0. The molecule has 0 saturated carbocycles. The van der Waals surface area contributed by atoms with Gasteiger partial charge in [-0.25, -0.2) is 0 Å². The average Bonchev–Trinajstić information content (AvgIpc) is 2.37. The quantitative estimate of drug-likeness (QED) is 0.785. The van der Waals surface area contributed by atoms with Gasteiger partial charge in [-0.1, -0.05) is 40.2 Å². The predicted octanol–water partition coefficient (Wildman–Crippen LogP) is 3.18. The van der Waals surface area contributed by atoms with Crippen LogP contribution in [0.1, 0.15) is 40.5 Å². The van der Waals surface area contributed by atoms with Crippen molar-refractivity contribution in [1.29, 1.82) is 0 Å². The van der Waals surface area contributed by atoms with Crippen LogP contribution in [-0.4, -0.2) is 18.6 Å². The topological polar surface area (TPSA) is 64.3 Å². The molecule has 0 aliphatic carbocycles. The van der Waals surface area contributed by atoms with Crippen LogP contribution in [0.25, 0.3) is 0 Å². The lowest BCUT2D eigenvalue weighted by Gasteiger charge is -2.25. The van der Waals surface area contributed by atoms with E-state index >= 15 is 0 Å². The third kappa shape index (κ3) is 5.21. The van der Waals surface area contributed by atoms with Crippen molar-refractivity contribution >= 4 is 11.6 Å². The number of rotatable bonds is 6. The monoisotopic (exact) mass is 278 g/mol. The first kappa shape index (κ1) is 16.5. The number of amides is 1. The van der Waals surface area contributed by atoms with Crippen LogP contribution in [-0.2, 0) is 4.79 Å². The highest BCUT2D eigenvalue weighted by Gasteiger charge is 2.27. The van der Waals surface area contributed by atoms with Crippen molar-refractivity contribution in [2.75, 3.05) is 11.9 Å². The molecule has 0 spiro atoms. The van der Waals surface area contributed by atoms with Gasteiger partial charge in [0.25, 0.3) is 0 Å². The number of nitrogens with two attached hydrogens (primary N) is 1. The van der Waals surface area contributed by atoms with Crippen molar-refractivity contribution in [3.8, 4) is 5.75 Å². The van der Waals surface area contributed by atoms with Gasteiger partial charge in [-0.05, 0) is 24.0 Å². The number of nitrogens with one attached hydrogen (secondary N) is 1. The van der Waals surface area contributed by atoms with Gasteiger partial charge < -0.3 is 15.8 Å². The van der Waals surface area contributed by atoms with Crippen molar-refractivity contribution in [2.45, 2.75) is 46.6 Å². The van der Waals surface area contributed by atoms with E-state index in [1.54, 1.807) is 0 Å². The van der Waals surface area contributed by atoms with Crippen LogP contribution in [0.2, 0.25) is 0 Å². The smallest absolute Gasteiger partial charge is 0.241 e. The average molecular weight is 278 g/mol. The second-order valence-electron chi connectivity index (χ2n) is 6.06. The number of carbonyl (C=O) groups excluding carboxylic acids is 1. The molecule has 112 valence electrons. The second-order valence-corrected chi connectivity index (χ2v) is 6.06. The van der Waals surface area contributed by atoms with E-state index in [2.05, 4.69) is 12.2 Å². The number of hydrogen-bond acceptors (Lipinski definition) is 3. The van der Waals surface area contributed by atoms with E-state index in [0.717, 1.165) is 18.6 Å². The fourth-order valence-corrected chi connectivity index (χ4v) is 1.61. The van der Waals surface area contributed by atoms with Gasteiger partial charge in [0, 0.05) is 11.8 Å². The molecule has 0 saturated heterocycles. The second kappa shape index (κ2) is 7.29. The lowest BCUT2D eigenvalue weighted by molar-refractivity contribution is -0.119. The molecular weight excluding hydrogens is 252 g/mol. The largest absolute Gasteiger partial charge is 0.494 e. The van der Waals surface area contributed by atoms with Gasteiger partial charge in [0.2, 0.25) is 5.91 Å². The van der Waals surface area contributed by atoms with Crippen LogP contribution in [0.5, 0.6) is 5.75 Å². The summed E-state index contributed by atoms with van der Waals surface area (Å²) in [6.45, 7) is 8.65. The zero-order valence-corrected chi connectivity index (χ0v) is 12.9. The summed E-state index contributed by atoms with van der Waals surface area (Å²) in [5.74, 6) is 0.587. The molecule has 0 aromatic heterocycles. The van der Waals surface area contributed by atoms with Crippen LogP contribution in [0, 0.1) is 5.41 Å². The molecule has 1 rings (SSSR count). The van der Waals surface area contributed by atoms with Gasteiger partial charge >= 0.3 is 0 Å². The van der Waals surface area contributed by atoms with Crippen LogP contribution in [0.4, 0.5) is 5.69 Å². The Labute approximate surface area is 121 Å². The molecule has 1 aromatic rings. The van der Waals surface area contributed by atoms with Gasteiger partial charge in [0.1, 0.15) is 5.75 Å². The molecule has 20 heavy (non-hydrogen) atoms. The summed E-state index contributed by atoms with van der Waals surface area (Å²) in [7, 11) is 0. The summed E-state index contributed by atoms with van der Waals surface area (Å²) in [6.07, 6.45) is 2.11. The Morgan fingerprint density at radius 1 is 1.40 bits per heavy atom. The zero-order valence-electron chi connectivity index (χ0n) is 12.9. The maximum atomic E-state index is 12.1. The molecule has 0 bridgehead atoms. The molecule has 4 heteroatoms. The van der Waals surface area contributed by atoms with E-state index in [9.17, 15) is 4.79 Å². The standard InChI is InChI=1S/C16H26N2O2/c1-5-6-10-20-13-9-7-8-12(11-13)18-15(19)14(17)16(2,3)4/h7-9,11,14H,5-6,10,17H2,1-4H3,(H,18,19)/t14-/m1/s1. The van der Waals surface area contributed by atoms with Gasteiger partial charge in [0.15, 0.2) is 0 Å². The highest BCUT2D eigenvalue weighted by atomic mass is 16.5. The molecule has 0 aliphatic rings. The van der Waals surface area contributed by atoms with Gasteiger partial charge in [0.05, 0.1) is 12.6 Å². The maximum absolute atomic E-state index is 12.1. The Balaban J connectivity index is 2.64. The van der Waals surface area contributed by atoms with Gasteiger partial charge in [-0.2, -0.15) is 0 Å². The first-order valence-corrected chi connectivity index (χ1v) is 7.14. The summed E-state index contributed by atoms with van der Waals surface area (Å²) in [6, 6.07) is 6.85. The number of benzene rings is 1. The van der Waals surface area contributed by atoms with Crippen LogP contribution in [0.15, 0.2) is 24.3 Å².